The van der Waals surface area contributed by atoms with Crippen molar-refractivity contribution in [3.8, 4) is 0 Å². The summed E-state index contributed by atoms with van der Waals surface area (Å²) in [7, 11) is 0. The van der Waals surface area contributed by atoms with E-state index >= 15 is 0 Å². The van der Waals surface area contributed by atoms with E-state index in [1.807, 2.05) is 0 Å². The zero-order valence-corrected chi connectivity index (χ0v) is 11.7. The first-order valence-corrected chi connectivity index (χ1v) is 6.46. The summed E-state index contributed by atoms with van der Waals surface area (Å²) in [6.45, 7) is 1.17. The van der Waals surface area contributed by atoms with Crippen LogP contribution in [0, 0.1) is 0 Å². The second-order valence-corrected chi connectivity index (χ2v) is 4.88. The summed E-state index contributed by atoms with van der Waals surface area (Å²) in [5.74, 6) is -1.75. The Balaban J connectivity index is 2.03. The highest BCUT2D eigenvalue weighted by molar-refractivity contribution is 5.88. The second kappa shape index (κ2) is 6.36. The molecule has 5 atom stereocenters. The van der Waals surface area contributed by atoms with Crippen LogP contribution >= 0.6 is 0 Å². The molecular weight excluding hydrogens is 298 g/mol. The maximum Gasteiger partial charge on any atom is 0.322 e. The van der Waals surface area contributed by atoms with Crippen molar-refractivity contribution in [2.45, 2.75) is 37.5 Å². The molecule has 11 heteroatoms. The Morgan fingerprint density at radius 2 is 2.18 bits per heavy atom. The number of nitrogens with zero attached hydrogens (tertiary/aromatic N) is 3. The minimum absolute atomic E-state index is 0.253. The van der Waals surface area contributed by atoms with Gasteiger partial charge in [-0.3, -0.25) is 9.59 Å². The number of nitrogens with two attached hydrogens (primary N) is 2. The van der Waals surface area contributed by atoms with Crippen LogP contribution in [0.15, 0.2) is 6.33 Å². The standard InChI is InChI=1S/C11H17N5O6/c1-4(12)11(20)21-2-5-6(17)7(18)10(22-5)16-3-14-9(15-16)8(13)19/h3-7,10,17-18H,2,12H2,1H3,(H2,13,19)/t4-,5-,6?,7-,10-/m1/s1. The van der Waals surface area contributed by atoms with Gasteiger partial charge in [-0.2, -0.15) is 0 Å². The van der Waals surface area contributed by atoms with Gasteiger partial charge in [0.15, 0.2) is 6.23 Å². The molecule has 0 spiro atoms. The molecule has 6 N–H and O–H groups in total. The molecule has 11 nitrogen and oxygen atoms in total. The molecule has 1 saturated heterocycles. The number of carbonyl (C=O) groups excluding carboxylic acids is 2. The van der Waals surface area contributed by atoms with E-state index in [-0.39, 0.29) is 12.4 Å². The Kier molecular flexibility index (Phi) is 4.71. The second-order valence-electron chi connectivity index (χ2n) is 4.88. The number of esters is 1. The first kappa shape index (κ1) is 16.3. The predicted molar refractivity (Wildman–Crippen MR) is 69.1 cm³/mol. The van der Waals surface area contributed by atoms with E-state index in [2.05, 4.69) is 10.1 Å². The Morgan fingerprint density at radius 1 is 1.50 bits per heavy atom. The number of hydrogen-bond acceptors (Lipinski definition) is 9. The first-order valence-electron chi connectivity index (χ1n) is 6.46. The van der Waals surface area contributed by atoms with Crippen molar-refractivity contribution in [1.29, 1.82) is 0 Å². The van der Waals surface area contributed by atoms with Crippen LogP contribution in [0.2, 0.25) is 0 Å². The van der Waals surface area contributed by atoms with E-state index < -0.39 is 42.5 Å². The number of aromatic nitrogens is 3. The van der Waals surface area contributed by atoms with Gasteiger partial charge >= 0.3 is 5.97 Å². The number of carbonyl (C=O) groups is 2. The molecule has 0 radical (unpaired) electrons. The van der Waals surface area contributed by atoms with Crippen molar-refractivity contribution in [2.24, 2.45) is 11.5 Å². The maximum atomic E-state index is 11.3. The van der Waals surface area contributed by atoms with Crippen molar-refractivity contribution in [2.75, 3.05) is 6.61 Å². The molecule has 1 amide bonds. The molecular formula is C11H17N5O6. The van der Waals surface area contributed by atoms with Gasteiger partial charge in [0.05, 0.1) is 0 Å². The molecule has 1 aromatic heterocycles. The van der Waals surface area contributed by atoms with E-state index in [1.54, 1.807) is 0 Å². The maximum absolute atomic E-state index is 11.3. The summed E-state index contributed by atoms with van der Waals surface area (Å²) in [5.41, 5.74) is 10.4. The third-order valence-corrected chi connectivity index (χ3v) is 3.09. The molecule has 0 aliphatic carbocycles. The summed E-state index contributed by atoms with van der Waals surface area (Å²) in [4.78, 5) is 25.9. The Hall–Kier alpha value is -2.08. The van der Waals surface area contributed by atoms with Crippen LogP contribution in [0.5, 0.6) is 0 Å². The summed E-state index contributed by atoms with van der Waals surface area (Å²) < 4.78 is 11.3. The molecule has 0 saturated carbocycles. The molecule has 0 bridgehead atoms. The van der Waals surface area contributed by atoms with E-state index in [1.165, 1.54) is 6.92 Å². The highest BCUT2D eigenvalue weighted by Crippen LogP contribution is 2.28. The zero-order valence-electron chi connectivity index (χ0n) is 11.7. The molecule has 1 fully saturated rings. The fourth-order valence-electron chi connectivity index (χ4n) is 1.89. The molecule has 1 aromatic rings. The lowest BCUT2D eigenvalue weighted by Crippen LogP contribution is -2.36. The van der Waals surface area contributed by atoms with Gasteiger partial charge < -0.3 is 31.2 Å². The summed E-state index contributed by atoms with van der Waals surface area (Å²) in [6.07, 6.45) is -3.58. The minimum atomic E-state index is -1.35. The Morgan fingerprint density at radius 3 is 2.73 bits per heavy atom. The molecule has 1 aliphatic rings. The van der Waals surface area contributed by atoms with Gasteiger partial charge in [0.1, 0.15) is 37.3 Å². The third-order valence-electron chi connectivity index (χ3n) is 3.09. The van der Waals surface area contributed by atoms with Crippen LogP contribution in [0.4, 0.5) is 0 Å². The summed E-state index contributed by atoms with van der Waals surface area (Å²) >= 11 is 0. The fourth-order valence-corrected chi connectivity index (χ4v) is 1.89. The van der Waals surface area contributed by atoms with Crippen molar-refractivity contribution >= 4 is 11.9 Å². The Bertz CT molecular complexity index is 561. The molecule has 122 valence electrons. The molecule has 2 rings (SSSR count). The SMILES string of the molecule is C[C@@H](N)C(=O)OC[C@H]1O[C@@H](n2cnc(C(N)=O)n2)[C@H](O)C1O. The zero-order chi connectivity index (χ0) is 16.4. The lowest BCUT2D eigenvalue weighted by molar-refractivity contribution is -0.151. The quantitative estimate of drug-likeness (QED) is 0.409. The first-order chi connectivity index (χ1) is 10.3. The van der Waals surface area contributed by atoms with Crippen LogP contribution in [-0.2, 0) is 14.3 Å². The lowest BCUT2D eigenvalue weighted by atomic mass is 10.1. The molecule has 0 aromatic carbocycles. The third kappa shape index (κ3) is 3.22. The number of ether oxygens (including phenoxy) is 2. The monoisotopic (exact) mass is 315 g/mol. The number of rotatable bonds is 5. The van der Waals surface area contributed by atoms with Gasteiger partial charge in [-0.1, -0.05) is 0 Å². The average molecular weight is 315 g/mol. The van der Waals surface area contributed by atoms with E-state index in [0.29, 0.717) is 0 Å². The van der Waals surface area contributed by atoms with Gasteiger partial charge in [-0.15, -0.1) is 5.10 Å². The Labute approximate surface area is 124 Å². The molecule has 2 heterocycles. The molecule has 1 unspecified atom stereocenters. The van der Waals surface area contributed by atoms with Crippen LogP contribution in [0.1, 0.15) is 23.8 Å². The highest BCUT2D eigenvalue weighted by Gasteiger charge is 2.45. The topological polar surface area (TPSA) is 176 Å². The van der Waals surface area contributed by atoms with Crippen molar-refractivity contribution in [1.82, 2.24) is 14.8 Å². The summed E-state index contributed by atoms with van der Waals surface area (Å²) in [6, 6.07) is -0.812. The van der Waals surface area contributed by atoms with E-state index in [4.69, 9.17) is 20.9 Å². The van der Waals surface area contributed by atoms with Crippen LogP contribution in [-0.4, -0.2) is 67.8 Å². The average Bonchev–Trinajstić information content (AvgIpc) is 3.04. The van der Waals surface area contributed by atoms with Gasteiger partial charge in [0.2, 0.25) is 5.82 Å². The minimum Gasteiger partial charge on any atom is -0.462 e. The van der Waals surface area contributed by atoms with Crippen molar-refractivity contribution in [3.05, 3.63) is 12.2 Å². The van der Waals surface area contributed by atoms with E-state index in [0.717, 1.165) is 11.0 Å². The van der Waals surface area contributed by atoms with Crippen LogP contribution in [0.25, 0.3) is 0 Å². The number of aliphatic hydroxyl groups excluding tert-OH is 2. The van der Waals surface area contributed by atoms with Crippen LogP contribution in [0.3, 0.4) is 0 Å². The normalized spacial score (nSPS) is 29.3. The number of amides is 1. The smallest absolute Gasteiger partial charge is 0.322 e. The molecule has 1 aliphatic heterocycles. The van der Waals surface area contributed by atoms with Gasteiger partial charge in [-0.25, -0.2) is 9.67 Å². The lowest BCUT2D eigenvalue weighted by Gasteiger charge is -2.15. The van der Waals surface area contributed by atoms with E-state index in [9.17, 15) is 19.8 Å². The predicted octanol–water partition coefficient (Wildman–Crippen LogP) is -3.11. The fraction of sp³-hybridized carbons (Fsp3) is 0.636. The highest BCUT2D eigenvalue weighted by atomic mass is 16.6. The van der Waals surface area contributed by atoms with Crippen molar-refractivity contribution in [3.63, 3.8) is 0 Å². The number of hydrogen-bond donors (Lipinski definition) is 4. The van der Waals surface area contributed by atoms with Crippen molar-refractivity contribution < 1.29 is 29.3 Å². The van der Waals surface area contributed by atoms with Crippen LogP contribution < -0.4 is 11.5 Å². The summed E-state index contributed by atoms with van der Waals surface area (Å²) in [5, 5.41) is 23.6. The van der Waals surface area contributed by atoms with Gasteiger partial charge in [0, 0.05) is 0 Å². The van der Waals surface area contributed by atoms with Gasteiger partial charge in [0.25, 0.3) is 5.91 Å². The van der Waals surface area contributed by atoms with Gasteiger partial charge in [-0.05, 0) is 6.92 Å². The number of aliphatic hydroxyl groups is 2. The number of primary amides is 1. The largest absolute Gasteiger partial charge is 0.462 e. The molecule has 22 heavy (non-hydrogen) atoms.